The molecular weight excluding hydrogens is 262 g/mol. The van der Waals surface area contributed by atoms with E-state index in [1.807, 2.05) is 30.3 Å². The Hall–Kier alpha value is -2.08. The fourth-order valence-corrected chi connectivity index (χ4v) is 2.30. The second-order valence-corrected chi connectivity index (χ2v) is 5.22. The summed E-state index contributed by atoms with van der Waals surface area (Å²) in [7, 11) is 0. The number of esters is 1. The van der Waals surface area contributed by atoms with Gasteiger partial charge in [0.2, 0.25) is 0 Å². The first-order chi connectivity index (χ1) is 9.39. The molecular formula is C14H17NO5. The summed E-state index contributed by atoms with van der Waals surface area (Å²) >= 11 is 0. The van der Waals surface area contributed by atoms with Crippen molar-refractivity contribution in [2.75, 3.05) is 6.54 Å². The molecule has 1 aromatic carbocycles. The Morgan fingerprint density at radius 2 is 2.05 bits per heavy atom. The van der Waals surface area contributed by atoms with E-state index in [0.717, 1.165) is 10.5 Å². The molecule has 0 unspecified atom stereocenters. The van der Waals surface area contributed by atoms with Crippen molar-refractivity contribution in [3.8, 4) is 0 Å². The molecule has 0 saturated carbocycles. The van der Waals surface area contributed by atoms with Crippen LogP contribution in [0.5, 0.6) is 0 Å². The third kappa shape index (κ3) is 3.27. The molecule has 1 aliphatic rings. The van der Waals surface area contributed by atoms with Crippen LogP contribution in [0.25, 0.3) is 0 Å². The van der Waals surface area contributed by atoms with E-state index in [0.29, 0.717) is 0 Å². The molecule has 0 spiro atoms. The zero-order valence-electron chi connectivity index (χ0n) is 11.2. The van der Waals surface area contributed by atoms with Gasteiger partial charge >= 0.3 is 12.1 Å². The molecule has 108 valence electrons. The number of carboxylic acid groups (broad SMARTS) is 1. The normalized spacial score (nSPS) is 25.5. The summed E-state index contributed by atoms with van der Waals surface area (Å²) < 4.78 is 5.13. The second-order valence-electron chi connectivity index (χ2n) is 5.22. The van der Waals surface area contributed by atoms with Crippen molar-refractivity contribution in [1.29, 1.82) is 0 Å². The highest BCUT2D eigenvalue weighted by Crippen LogP contribution is 2.27. The number of amides is 1. The minimum Gasteiger partial charge on any atom is -0.465 e. The molecule has 1 heterocycles. The van der Waals surface area contributed by atoms with E-state index in [2.05, 4.69) is 0 Å². The molecule has 1 aliphatic heterocycles. The Morgan fingerprint density at radius 3 is 2.65 bits per heavy atom. The fraction of sp³-hybridized carbons (Fsp3) is 0.429. The molecule has 6 nitrogen and oxygen atoms in total. The number of nitrogens with zero attached hydrogens (tertiary/aromatic N) is 1. The summed E-state index contributed by atoms with van der Waals surface area (Å²) in [6.45, 7) is 1.51. The molecule has 6 heteroatoms. The van der Waals surface area contributed by atoms with Gasteiger partial charge < -0.3 is 14.9 Å². The van der Waals surface area contributed by atoms with Gasteiger partial charge in [-0.05, 0) is 12.5 Å². The van der Waals surface area contributed by atoms with Crippen LogP contribution >= 0.6 is 0 Å². The van der Waals surface area contributed by atoms with Gasteiger partial charge in [-0.15, -0.1) is 0 Å². The number of carbonyl (C=O) groups excluding carboxylic acids is 1. The maximum Gasteiger partial charge on any atom is 0.408 e. The van der Waals surface area contributed by atoms with E-state index < -0.39 is 23.7 Å². The number of benzene rings is 1. The number of ether oxygens (including phenoxy) is 1. The number of aliphatic hydroxyl groups is 1. The molecule has 0 aromatic heterocycles. The van der Waals surface area contributed by atoms with Gasteiger partial charge in [-0.1, -0.05) is 30.3 Å². The van der Waals surface area contributed by atoms with E-state index in [1.165, 1.54) is 6.92 Å². The highest BCUT2D eigenvalue weighted by molar-refractivity contribution is 5.81. The molecule has 2 atom stereocenters. The molecule has 20 heavy (non-hydrogen) atoms. The summed E-state index contributed by atoms with van der Waals surface area (Å²) in [4.78, 5) is 24.0. The number of hydrogen-bond acceptors (Lipinski definition) is 4. The standard InChI is InChI=1S/C14H17NO5/c1-14(19)7-11(15(9-14)13(17)18)12(16)20-8-10-5-3-2-4-6-10/h2-6,11,19H,7-9H2,1H3,(H,17,18)/t11-,14+/m0/s1. The number of β-amino-alcohol motifs (C(OH)–C–C–N with tert-alkyl or cyclic N) is 1. The highest BCUT2D eigenvalue weighted by atomic mass is 16.5. The smallest absolute Gasteiger partial charge is 0.408 e. The van der Waals surface area contributed by atoms with Crippen molar-refractivity contribution >= 4 is 12.1 Å². The zero-order valence-corrected chi connectivity index (χ0v) is 11.2. The number of likely N-dealkylation sites (tertiary alicyclic amines) is 1. The summed E-state index contributed by atoms with van der Waals surface area (Å²) in [6.07, 6.45) is -1.18. The van der Waals surface area contributed by atoms with Gasteiger partial charge in [-0.3, -0.25) is 4.90 Å². The van der Waals surface area contributed by atoms with Crippen LogP contribution in [0.2, 0.25) is 0 Å². The lowest BCUT2D eigenvalue weighted by Crippen LogP contribution is -2.40. The van der Waals surface area contributed by atoms with Crippen LogP contribution in [0, 0.1) is 0 Å². The first-order valence-electron chi connectivity index (χ1n) is 6.31. The molecule has 0 bridgehead atoms. The van der Waals surface area contributed by atoms with Crippen LogP contribution in [-0.2, 0) is 16.1 Å². The van der Waals surface area contributed by atoms with Gasteiger partial charge in [-0.25, -0.2) is 9.59 Å². The van der Waals surface area contributed by atoms with Gasteiger partial charge in [-0.2, -0.15) is 0 Å². The van der Waals surface area contributed by atoms with Crippen LogP contribution < -0.4 is 0 Å². The molecule has 0 radical (unpaired) electrons. The lowest BCUT2D eigenvalue weighted by Gasteiger charge is -2.19. The van der Waals surface area contributed by atoms with Crippen molar-refractivity contribution in [2.24, 2.45) is 0 Å². The zero-order chi connectivity index (χ0) is 14.8. The number of hydrogen-bond donors (Lipinski definition) is 2. The predicted molar refractivity (Wildman–Crippen MR) is 70.0 cm³/mol. The molecule has 1 fully saturated rings. The van der Waals surface area contributed by atoms with Gasteiger partial charge in [0.05, 0.1) is 12.1 Å². The molecule has 2 N–H and O–H groups in total. The average Bonchev–Trinajstić information content (AvgIpc) is 2.74. The van der Waals surface area contributed by atoms with Crippen LogP contribution in [0.4, 0.5) is 4.79 Å². The van der Waals surface area contributed by atoms with E-state index in [9.17, 15) is 14.7 Å². The topological polar surface area (TPSA) is 87.1 Å². The summed E-state index contributed by atoms with van der Waals surface area (Å²) in [5, 5.41) is 19.0. The Balaban J connectivity index is 1.99. The van der Waals surface area contributed by atoms with Crippen molar-refractivity contribution in [2.45, 2.75) is 31.6 Å². The summed E-state index contributed by atoms with van der Waals surface area (Å²) in [5.74, 6) is -0.631. The van der Waals surface area contributed by atoms with E-state index in [1.54, 1.807) is 0 Å². The average molecular weight is 279 g/mol. The number of carbonyl (C=O) groups is 2. The Kier molecular flexibility index (Phi) is 3.94. The van der Waals surface area contributed by atoms with Crippen molar-refractivity contribution < 1.29 is 24.5 Å². The van der Waals surface area contributed by atoms with E-state index in [4.69, 9.17) is 9.84 Å². The van der Waals surface area contributed by atoms with Crippen LogP contribution in [0.3, 0.4) is 0 Å². The molecule has 1 saturated heterocycles. The predicted octanol–water partition coefficient (Wildman–Crippen LogP) is 1.23. The molecule has 1 amide bonds. The van der Waals surface area contributed by atoms with Crippen molar-refractivity contribution in [3.05, 3.63) is 35.9 Å². The maximum absolute atomic E-state index is 12.0. The third-order valence-electron chi connectivity index (χ3n) is 3.26. The number of rotatable bonds is 3. The second kappa shape index (κ2) is 5.50. The summed E-state index contributed by atoms with van der Waals surface area (Å²) in [5.41, 5.74) is -0.373. The Morgan fingerprint density at radius 1 is 1.40 bits per heavy atom. The van der Waals surface area contributed by atoms with Crippen molar-refractivity contribution in [1.82, 2.24) is 4.90 Å². The van der Waals surface area contributed by atoms with Gasteiger partial charge in [0.1, 0.15) is 12.6 Å². The minimum atomic E-state index is -1.23. The first kappa shape index (κ1) is 14.3. The SMILES string of the molecule is C[C@@]1(O)C[C@@H](C(=O)OCc2ccccc2)N(C(=O)O)C1. The van der Waals surface area contributed by atoms with Gasteiger partial charge in [0.15, 0.2) is 0 Å². The molecule has 0 aliphatic carbocycles. The highest BCUT2D eigenvalue weighted by Gasteiger charge is 2.46. The van der Waals surface area contributed by atoms with Crippen LogP contribution in [0.1, 0.15) is 18.9 Å². The van der Waals surface area contributed by atoms with Crippen molar-refractivity contribution in [3.63, 3.8) is 0 Å². The van der Waals surface area contributed by atoms with E-state index >= 15 is 0 Å². The fourth-order valence-electron chi connectivity index (χ4n) is 2.30. The van der Waals surface area contributed by atoms with Crippen LogP contribution in [0.15, 0.2) is 30.3 Å². The molecule has 2 rings (SSSR count). The lowest BCUT2D eigenvalue weighted by atomic mass is 10.0. The van der Waals surface area contributed by atoms with E-state index in [-0.39, 0.29) is 19.6 Å². The lowest BCUT2D eigenvalue weighted by molar-refractivity contribution is -0.149. The first-order valence-corrected chi connectivity index (χ1v) is 6.31. The maximum atomic E-state index is 12.0. The monoisotopic (exact) mass is 279 g/mol. The van der Waals surface area contributed by atoms with Gasteiger partial charge in [0, 0.05) is 6.42 Å². The molecule has 1 aromatic rings. The van der Waals surface area contributed by atoms with Crippen LogP contribution in [-0.4, -0.2) is 45.4 Å². The Bertz CT molecular complexity index is 500. The minimum absolute atomic E-state index is 0.0485. The quantitative estimate of drug-likeness (QED) is 0.813. The van der Waals surface area contributed by atoms with Gasteiger partial charge in [0.25, 0.3) is 0 Å². The Labute approximate surface area is 116 Å². The summed E-state index contributed by atoms with van der Waals surface area (Å²) in [6, 6.07) is 8.18. The third-order valence-corrected chi connectivity index (χ3v) is 3.26. The largest absolute Gasteiger partial charge is 0.465 e.